The summed E-state index contributed by atoms with van der Waals surface area (Å²) >= 11 is 0. The number of nitrogens with zero attached hydrogens (tertiary/aromatic N) is 1. The van der Waals surface area contributed by atoms with Gasteiger partial charge in [0.25, 0.3) is 0 Å². The Morgan fingerprint density at radius 2 is 1.48 bits per heavy atom. The normalized spacial score (nSPS) is 11.7. The fraction of sp³-hybridized carbons (Fsp3) is 0.263. The van der Waals surface area contributed by atoms with Gasteiger partial charge in [-0.25, -0.2) is 4.18 Å². The van der Waals surface area contributed by atoms with Crippen molar-refractivity contribution in [3.63, 3.8) is 0 Å². The van der Waals surface area contributed by atoms with E-state index in [1.807, 2.05) is 48.4 Å². The van der Waals surface area contributed by atoms with Gasteiger partial charge in [-0.3, -0.25) is 0 Å². The molecule has 146 valence electrons. The third kappa shape index (κ3) is 7.03. The predicted octanol–water partition coefficient (Wildman–Crippen LogP) is 1.92. The van der Waals surface area contributed by atoms with Crippen LogP contribution in [0, 0.1) is 0 Å². The maximum Gasteiger partial charge on any atom is 0.449 e. The van der Waals surface area contributed by atoms with Gasteiger partial charge in [0, 0.05) is 19.3 Å². The van der Waals surface area contributed by atoms with Crippen molar-refractivity contribution in [2.75, 3.05) is 38.3 Å². The van der Waals surface area contributed by atoms with E-state index >= 15 is 0 Å². The number of benzene rings is 2. The van der Waals surface area contributed by atoms with Crippen LogP contribution in [0.4, 0.5) is 5.69 Å². The number of aliphatic hydroxyl groups is 2. The molecule has 0 unspecified atom stereocenters. The Kier molecular flexibility index (Phi) is 7.81. The summed E-state index contributed by atoms with van der Waals surface area (Å²) in [7, 11) is -2.26. The van der Waals surface area contributed by atoms with Crippen LogP contribution < -0.4 is 9.08 Å². The number of aliphatic hydroxyl groups excluding tert-OH is 2. The summed E-state index contributed by atoms with van der Waals surface area (Å²) < 4.78 is 32.2. The number of rotatable bonds is 10. The maximum absolute atomic E-state index is 11.5. The molecule has 2 rings (SSSR count). The van der Waals surface area contributed by atoms with Crippen molar-refractivity contribution < 1.29 is 27.0 Å². The van der Waals surface area contributed by atoms with Crippen molar-refractivity contribution in [2.45, 2.75) is 0 Å². The zero-order valence-corrected chi connectivity index (χ0v) is 15.8. The molecule has 2 N–H and O–H groups in total. The SMILES string of the molecule is CN(CCO)c1ccc(/C=C/c2ccc(OS(=O)(=O)OCCO)cc2)cc1. The van der Waals surface area contributed by atoms with Gasteiger partial charge in [0.05, 0.1) is 19.8 Å². The standard InChI is InChI=1S/C19H23NO6S/c1-20(12-13-21)18-8-4-16(5-9-18)2-3-17-6-10-19(11-7-17)26-27(23,24)25-15-14-22/h2-11,21-22H,12-15H2,1H3/b3-2+. The molecular weight excluding hydrogens is 370 g/mol. The Labute approximate surface area is 159 Å². The summed E-state index contributed by atoms with van der Waals surface area (Å²) in [5, 5.41) is 17.6. The third-order valence-corrected chi connectivity index (χ3v) is 4.49. The second-order valence-corrected chi connectivity index (χ2v) is 6.90. The van der Waals surface area contributed by atoms with E-state index in [-0.39, 0.29) is 19.0 Å². The minimum Gasteiger partial charge on any atom is -0.395 e. The smallest absolute Gasteiger partial charge is 0.395 e. The summed E-state index contributed by atoms with van der Waals surface area (Å²) in [5.74, 6) is 0.126. The molecule has 0 radical (unpaired) electrons. The van der Waals surface area contributed by atoms with Gasteiger partial charge in [0.15, 0.2) is 0 Å². The zero-order chi connectivity index (χ0) is 19.7. The Hall–Kier alpha value is -2.39. The average Bonchev–Trinajstić information content (AvgIpc) is 2.66. The molecule has 0 aromatic heterocycles. The van der Waals surface area contributed by atoms with E-state index < -0.39 is 17.0 Å². The van der Waals surface area contributed by atoms with Crippen molar-refractivity contribution in [3.05, 3.63) is 59.7 Å². The molecule has 8 heteroatoms. The topological polar surface area (TPSA) is 96.3 Å². The summed E-state index contributed by atoms with van der Waals surface area (Å²) in [5.41, 5.74) is 2.90. The van der Waals surface area contributed by atoms with E-state index in [1.54, 1.807) is 12.1 Å². The highest BCUT2D eigenvalue weighted by atomic mass is 32.3. The molecule has 0 amide bonds. The van der Waals surface area contributed by atoms with Crippen molar-refractivity contribution in [3.8, 4) is 5.75 Å². The van der Waals surface area contributed by atoms with Crippen LogP contribution in [0.25, 0.3) is 12.2 Å². The molecule has 0 aliphatic carbocycles. The van der Waals surface area contributed by atoms with Gasteiger partial charge in [0.2, 0.25) is 0 Å². The Balaban J connectivity index is 1.97. The van der Waals surface area contributed by atoms with Crippen LogP contribution >= 0.6 is 0 Å². The highest BCUT2D eigenvalue weighted by Gasteiger charge is 2.12. The molecular formula is C19H23NO6S. The number of likely N-dealkylation sites (N-methyl/N-ethyl adjacent to an activating group) is 1. The monoisotopic (exact) mass is 393 g/mol. The Morgan fingerprint density at radius 1 is 0.926 bits per heavy atom. The van der Waals surface area contributed by atoms with Crippen LogP contribution in [0.3, 0.4) is 0 Å². The Bertz CT molecular complexity index is 832. The number of hydrogen-bond donors (Lipinski definition) is 2. The van der Waals surface area contributed by atoms with Gasteiger partial charge in [-0.15, -0.1) is 0 Å². The van der Waals surface area contributed by atoms with Gasteiger partial charge in [-0.05, 0) is 35.4 Å². The van der Waals surface area contributed by atoms with Gasteiger partial charge in [-0.2, -0.15) is 8.42 Å². The molecule has 2 aromatic carbocycles. The molecule has 0 atom stereocenters. The van der Waals surface area contributed by atoms with Crippen molar-refractivity contribution >= 4 is 28.2 Å². The molecule has 0 aliphatic rings. The van der Waals surface area contributed by atoms with Crippen molar-refractivity contribution in [1.29, 1.82) is 0 Å². The minimum absolute atomic E-state index is 0.104. The van der Waals surface area contributed by atoms with Crippen LogP contribution in [0.2, 0.25) is 0 Å². The molecule has 0 heterocycles. The number of hydrogen-bond acceptors (Lipinski definition) is 7. The van der Waals surface area contributed by atoms with E-state index in [0.717, 1.165) is 16.8 Å². The molecule has 2 aromatic rings. The molecule has 27 heavy (non-hydrogen) atoms. The minimum atomic E-state index is -4.18. The lowest BCUT2D eigenvalue weighted by atomic mass is 10.1. The van der Waals surface area contributed by atoms with Crippen molar-refractivity contribution in [2.24, 2.45) is 0 Å². The van der Waals surface area contributed by atoms with Crippen LogP contribution in [0.15, 0.2) is 48.5 Å². The van der Waals surface area contributed by atoms with Crippen LogP contribution in [-0.4, -0.2) is 52.0 Å². The van der Waals surface area contributed by atoms with E-state index in [1.165, 1.54) is 12.1 Å². The first-order chi connectivity index (χ1) is 12.9. The van der Waals surface area contributed by atoms with Gasteiger partial charge < -0.3 is 19.3 Å². The molecule has 0 spiro atoms. The summed E-state index contributed by atoms with van der Waals surface area (Å²) in [4.78, 5) is 1.96. The second kappa shape index (κ2) is 10.1. The van der Waals surface area contributed by atoms with E-state index in [2.05, 4.69) is 4.18 Å². The molecule has 0 saturated carbocycles. The lowest BCUT2D eigenvalue weighted by molar-refractivity contribution is 0.190. The van der Waals surface area contributed by atoms with Gasteiger partial charge in [-0.1, -0.05) is 36.4 Å². The van der Waals surface area contributed by atoms with Crippen LogP contribution in [0.5, 0.6) is 5.75 Å². The summed E-state index contributed by atoms with van der Waals surface area (Å²) in [6.45, 7) is -0.0835. The van der Waals surface area contributed by atoms with Crippen LogP contribution in [-0.2, 0) is 14.6 Å². The maximum atomic E-state index is 11.5. The van der Waals surface area contributed by atoms with E-state index in [9.17, 15) is 8.42 Å². The lowest BCUT2D eigenvalue weighted by Gasteiger charge is -2.17. The molecule has 0 aliphatic heterocycles. The fourth-order valence-corrected chi connectivity index (χ4v) is 2.90. The third-order valence-electron chi connectivity index (χ3n) is 3.63. The first-order valence-corrected chi connectivity index (χ1v) is 9.67. The van der Waals surface area contributed by atoms with E-state index in [4.69, 9.17) is 14.4 Å². The molecule has 0 saturated heterocycles. The van der Waals surface area contributed by atoms with E-state index in [0.29, 0.717) is 6.54 Å². The summed E-state index contributed by atoms with van der Waals surface area (Å²) in [6.07, 6.45) is 3.83. The zero-order valence-electron chi connectivity index (χ0n) is 15.0. The van der Waals surface area contributed by atoms with Crippen molar-refractivity contribution in [1.82, 2.24) is 0 Å². The molecule has 0 fully saturated rings. The summed E-state index contributed by atoms with van der Waals surface area (Å²) in [6, 6.07) is 14.4. The Morgan fingerprint density at radius 3 is 2.00 bits per heavy atom. The second-order valence-electron chi connectivity index (χ2n) is 5.68. The predicted molar refractivity (Wildman–Crippen MR) is 105 cm³/mol. The first kappa shape index (κ1) is 20.9. The first-order valence-electron chi connectivity index (χ1n) is 8.33. The highest BCUT2D eigenvalue weighted by molar-refractivity contribution is 7.82. The molecule has 0 bridgehead atoms. The quantitative estimate of drug-likeness (QED) is 0.595. The van der Waals surface area contributed by atoms with Gasteiger partial charge >= 0.3 is 10.4 Å². The largest absolute Gasteiger partial charge is 0.449 e. The van der Waals surface area contributed by atoms with Gasteiger partial charge in [0.1, 0.15) is 5.75 Å². The highest BCUT2D eigenvalue weighted by Crippen LogP contribution is 2.18. The number of anilines is 1. The van der Waals surface area contributed by atoms with Crippen LogP contribution in [0.1, 0.15) is 11.1 Å². The lowest BCUT2D eigenvalue weighted by Crippen LogP contribution is -2.20. The molecule has 7 nitrogen and oxygen atoms in total. The fourth-order valence-electron chi connectivity index (χ4n) is 2.23. The average molecular weight is 393 g/mol.